The normalized spacial score (nSPS) is 15.1. The van der Waals surface area contributed by atoms with Gasteiger partial charge in [0, 0.05) is 56.5 Å². The molecular formula is C31H33N5O7. The molecule has 1 N–H and O–H groups in total. The van der Waals surface area contributed by atoms with Crippen LogP contribution in [0.4, 0.5) is 22.7 Å². The number of amides is 2. The highest BCUT2D eigenvalue weighted by atomic mass is 16.6. The molecule has 0 spiro atoms. The van der Waals surface area contributed by atoms with Crippen molar-refractivity contribution in [2.45, 2.75) is 6.92 Å². The van der Waals surface area contributed by atoms with E-state index in [1.807, 2.05) is 28.0 Å². The molecule has 3 aromatic carbocycles. The number of nitro benzene ring substituents is 1. The minimum Gasteiger partial charge on any atom is -0.462 e. The lowest BCUT2D eigenvalue weighted by Crippen LogP contribution is -2.49. The SMILES string of the molecule is CCOC(=O)c1ccc(N2CCN(C(=O)c3ccccc3)CC2)c(NC(=O)c2ccc(N3CCOCC3)c([N+](=O)[O-])c2)c1. The molecule has 2 fully saturated rings. The summed E-state index contributed by atoms with van der Waals surface area (Å²) in [5, 5.41) is 14.8. The topological polar surface area (TPSA) is 135 Å². The van der Waals surface area contributed by atoms with E-state index in [1.54, 1.807) is 54.3 Å². The average molecular weight is 588 g/mol. The van der Waals surface area contributed by atoms with Gasteiger partial charge in [-0.2, -0.15) is 0 Å². The van der Waals surface area contributed by atoms with Crippen LogP contribution >= 0.6 is 0 Å². The molecule has 2 amide bonds. The molecular weight excluding hydrogens is 554 g/mol. The Balaban J connectivity index is 1.38. The summed E-state index contributed by atoms with van der Waals surface area (Å²) in [6.45, 7) is 5.80. The number of rotatable bonds is 8. The average Bonchev–Trinajstić information content (AvgIpc) is 3.05. The Morgan fingerprint density at radius 1 is 0.837 bits per heavy atom. The molecule has 2 heterocycles. The molecule has 2 aliphatic heterocycles. The summed E-state index contributed by atoms with van der Waals surface area (Å²) in [6.07, 6.45) is 0. The number of carbonyl (C=O) groups is 3. The Morgan fingerprint density at radius 3 is 2.16 bits per heavy atom. The van der Waals surface area contributed by atoms with Crippen LogP contribution in [0.1, 0.15) is 38.0 Å². The highest BCUT2D eigenvalue weighted by Gasteiger charge is 2.26. The van der Waals surface area contributed by atoms with E-state index in [0.717, 1.165) is 0 Å². The summed E-state index contributed by atoms with van der Waals surface area (Å²) >= 11 is 0. The van der Waals surface area contributed by atoms with Crippen molar-refractivity contribution in [2.75, 3.05) is 74.2 Å². The Kier molecular flexibility index (Phi) is 9.16. The monoisotopic (exact) mass is 587 g/mol. The molecule has 0 aromatic heterocycles. The van der Waals surface area contributed by atoms with Crippen molar-refractivity contribution in [3.8, 4) is 0 Å². The fourth-order valence-electron chi connectivity index (χ4n) is 5.24. The van der Waals surface area contributed by atoms with Gasteiger partial charge >= 0.3 is 5.97 Å². The third-order valence-electron chi connectivity index (χ3n) is 7.47. The lowest BCUT2D eigenvalue weighted by atomic mass is 10.1. The number of carbonyl (C=O) groups excluding carboxylic acids is 3. The fraction of sp³-hybridized carbons (Fsp3) is 0.323. The second-order valence-corrected chi connectivity index (χ2v) is 10.1. The molecule has 224 valence electrons. The molecule has 0 aliphatic carbocycles. The summed E-state index contributed by atoms with van der Waals surface area (Å²) in [5.74, 6) is -1.14. The van der Waals surface area contributed by atoms with E-state index in [9.17, 15) is 24.5 Å². The zero-order valence-electron chi connectivity index (χ0n) is 23.9. The van der Waals surface area contributed by atoms with Gasteiger partial charge in [-0.3, -0.25) is 19.7 Å². The summed E-state index contributed by atoms with van der Waals surface area (Å²) in [4.78, 5) is 56.0. The molecule has 0 atom stereocenters. The van der Waals surface area contributed by atoms with E-state index < -0.39 is 16.8 Å². The molecule has 0 unspecified atom stereocenters. The standard InChI is InChI=1S/C31H33N5O7/c1-2-43-31(39)24-9-10-26(33-12-14-35(15-13-33)30(38)22-6-4-3-5-7-22)25(20-24)32-29(37)23-8-11-27(28(21-23)36(40)41)34-16-18-42-19-17-34/h3-11,20-21H,2,12-19H2,1H3,(H,32,37). The lowest BCUT2D eigenvalue weighted by Gasteiger charge is -2.37. The molecule has 5 rings (SSSR count). The van der Waals surface area contributed by atoms with Crippen molar-refractivity contribution in [3.05, 3.63) is 93.5 Å². The Labute approximate surface area is 248 Å². The van der Waals surface area contributed by atoms with E-state index in [-0.39, 0.29) is 29.3 Å². The maximum Gasteiger partial charge on any atom is 0.338 e. The van der Waals surface area contributed by atoms with E-state index in [1.165, 1.54) is 6.07 Å². The van der Waals surface area contributed by atoms with Crippen LogP contribution in [-0.4, -0.2) is 86.7 Å². The quantitative estimate of drug-likeness (QED) is 0.237. The minimum atomic E-state index is -0.559. The van der Waals surface area contributed by atoms with Crippen molar-refractivity contribution < 1.29 is 28.8 Å². The predicted molar refractivity (Wildman–Crippen MR) is 161 cm³/mol. The van der Waals surface area contributed by atoms with Crippen molar-refractivity contribution in [2.24, 2.45) is 0 Å². The first-order valence-electron chi connectivity index (χ1n) is 14.2. The van der Waals surface area contributed by atoms with E-state index in [2.05, 4.69) is 5.32 Å². The van der Waals surface area contributed by atoms with Gasteiger partial charge < -0.3 is 29.5 Å². The molecule has 0 radical (unpaired) electrons. The first kappa shape index (κ1) is 29.5. The third kappa shape index (κ3) is 6.75. The van der Waals surface area contributed by atoms with Crippen LogP contribution in [-0.2, 0) is 9.47 Å². The largest absolute Gasteiger partial charge is 0.462 e. The van der Waals surface area contributed by atoms with Gasteiger partial charge in [0.2, 0.25) is 0 Å². The van der Waals surface area contributed by atoms with Crippen molar-refractivity contribution in [1.29, 1.82) is 0 Å². The van der Waals surface area contributed by atoms with Gasteiger partial charge in [0.05, 0.1) is 41.7 Å². The zero-order chi connectivity index (χ0) is 30.3. The third-order valence-corrected chi connectivity index (χ3v) is 7.47. The minimum absolute atomic E-state index is 0.0476. The van der Waals surface area contributed by atoms with Gasteiger partial charge in [0.1, 0.15) is 5.69 Å². The van der Waals surface area contributed by atoms with E-state index >= 15 is 0 Å². The van der Waals surface area contributed by atoms with Crippen molar-refractivity contribution in [3.63, 3.8) is 0 Å². The number of esters is 1. The number of nitrogens with one attached hydrogen (secondary N) is 1. The van der Waals surface area contributed by atoms with Crippen LogP contribution < -0.4 is 15.1 Å². The van der Waals surface area contributed by atoms with Crippen LogP contribution in [0.5, 0.6) is 0 Å². The fourth-order valence-corrected chi connectivity index (χ4v) is 5.24. The molecule has 0 saturated carbocycles. The molecule has 43 heavy (non-hydrogen) atoms. The van der Waals surface area contributed by atoms with Gasteiger partial charge in [-0.25, -0.2) is 4.79 Å². The highest BCUT2D eigenvalue weighted by molar-refractivity contribution is 6.07. The number of piperazine rings is 1. The van der Waals surface area contributed by atoms with Crippen molar-refractivity contribution >= 4 is 40.5 Å². The molecule has 2 aliphatic rings. The smallest absolute Gasteiger partial charge is 0.338 e. The maximum absolute atomic E-state index is 13.5. The van der Waals surface area contributed by atoms with Gasteiger partial charge in [0.15, 0.2) is 0 Å². The van der Waals surface area contributed by atoms with Crippen molar-refractivity contribution in [1.82, 2.24) is 4.90 Å². The van der Waals surface area contributed by atoms with Crippen LogP contribution in [0.25, 0.3) is 0 Å². The second-order valence-electron chi connectivity index (χ2n) is 10.1. The lowest BCUT2D eigenvalue weighted by molar-refractivity contribution is -0.384. The number of nitro groups is 1. The first-order chi connectivity index (χ1) is 20.9. The molecule has 12 nitrogen and oxygen atoms in total. The summed E-state index contributed by atoms with van der Waals surface area (Å²) in [5.41, 5.74) is 2.26. The highest BCUT2D eigenvalue weighted by Crippen LogP contribution is 2.32. The van der Waals surface area contributed by atoms with E-state index in [4.69, 9.17) is 9.47 Å². The number of morpholine rings is 1. The van der Waals surface area contributed by atoms with Gasteiger partial charge in [-0.1, -0.05) is 18.2 Å². The number of benzene rings is 3. The van der Waals surface area contributed by atoms with Crippen LogP contribution in [0.3, 0.4) is 0 Å². The summed E-state index contributed by atoms with van der Waals surface area (Å²) in [7, 11) is 0. The number of hydrogen-bond acceptors (Lipinski definition) is 9. The van der Waals surface area contributed by atoms with Crippen LogP contribution in [0.2, 0.25) is 0 Å². The van der Waals surface area contributed by atoms with Crippen LogP contribution in [0.15, 0.2) is 66.7 Å². The van der Waals surface area contributed by atoms with E-state index in [0.29, 0.717) is 75.1 Å². The Hall–Kier alpha value is -4.97. The summed E-state index contributed by atoms with van der Waals surface area (Å²) in [6, 6.07) is 18.4. The van der Waals surface area contributed by atoms with Gasteiger partial charge in [0.25, 0.3) is 17.5 Å². The molecule has 12 heteroatoms. The zero-order valence-corrected chi connectivity index (χ0v) is 23.9. The van der Waals surface area contributed by atoms with Gasteiger partial charge in [-0.05, 0) is 49.4 Å². The second kappa shape index (κ2) is 13.3. The Morgan fingerprint density at radius 2 is 1.49 bits per heavy atom. The van der Waals surface area contributed by atoms with Crippen LogP contribution in [0, 0.1) is 10.1 Å². The number of nitrogens with zero attached hydrogens (tertiary/aromatic N) is 4. The maximum atomic E-state index is 13.5. The van der Waals surface area contributed by atoms with Gasteiger partial charge in [-0.15, -0.1) is 0 Å². The number of hydrogen-bond donors (Lipinski definition) is 1. The molecule has 3 aromatic rings. The number of ether oxygens (including phenoxy) is 2. The Bertz CT molecular complexity index is 1500. The first-order valence-corrected chi connectivity index (χ1v) is 14.2. The number of anilines is 3. The molecule has 2 saturated heterocycles. The summed E-state index contributed by atoms with van der Waals surface area (Å²) < 4.78 is 10.5. The molecule has 0 bridgehead atoms. The predicted octanol–water partition coefficient (Wildman–Crippen LogP) is 3.82.